The first kappa shape index (κ1) is 15.7. The van der Waals surface area contributed by atoms with E-state index in [1.54, 1.807) is 0 Å². The van der Waals surface area contributed by atoms with Crippen molar-refractivity contribution < 1.29 is 4.79 Å². The van der Waals surface area contributed by atoms with E-state index < -0.39 is 0 Å². The van der Waals surface area contributed by atoms with Crippen LogP contribution in [-0.4, -0.2) is 24.9 Å². The second-order valence-electron chi connectivity index (χ2n) is 5.22. The lowest BCUT2D eigenvalue weighted by molar-refractivity contribution is 0.102. The maximum Gasteiger partial charge on any atom is 0.255 e. The van der Waals surface area contributed by atoms with Crippen LogP contribution in [0.2, 0.25) is 0 Å². The van der Waals surface area contributed by atoms with Gasteiger partial charge in [0.1, 0.15) is 0 Å². The number of nitrogens with zero attached hydrogens (tertiary/aromatic N) is 1. The average Bonchev–Trinajstić information content (AvgIpc) is 2.47. The molecule has 0 aliphatic rings. The van der Waals surface area contributed by atoms with E-state index >= 15 is 0 Å². The number of rotatable bonds is 5. The molecule has 0 bridgehead atoms. The fourth-order valence-electron chi connectivity index (χ4n) is 2.06. The van der Waals surface area contributed by atoms with Crippen LogP contribution < -0.4 is 5.32 Å². The van der Waals surface area contributed by atoms with Crippen molar-refractivity contribution in [1.29, 1.82) is 0 Å². The highest BCUT2D eigenvalue weighted by Crippen LogP contribution is 2.14. The Hall–Kier alpha value is -1.65. The molecule has 2 aromatic carbocycles. The lowest BCUT2D eigenvalue weighted by Gasteiger charge is -2.11. The Bertz CT molecular complexity index is 608. The molecule has 110 valence electrons. The van der Waals surface area contributed by atoms with Gasteiger partial charge in [0.2, 0.25) is 0 Å². The molecule has 2 aromatic rings. The third kappa shape index (κ3) is 4.69. The second kappa shape index (κ2) is 7.38. The third-order valence-corrected chi connectivity index (χ3v) is 3.70. The summed E-state index contributed by atoms with van der Waals surface area (Å²) in [6.07, 6.45) is 0. The Morgan fingerprint density at radius 1 is 1.10 bits per heavy atom. The van der Waals surface area contributed by atoms with Crippen LogP contribution in [0, 0.1) is 0 Å². The summed E-state index contributed by atoms with van der Waals surface area (Å²) in [4.78, 5) is 14.3. The lowest BCUT2D eigenvalue weighted by Crippen LogP contribution is -2.13. The number of carbonyl (C=O) groups excluding carboxylic acids is 1. The molecule has 1 N–H and O–H groups in total. The van der Waals surface area contributed by atoms with E-state index in [1.165, 1.54) is 5.56 Å². The Morgan fingerprint density at radius 2 is 1.81 bits per heavy atom. The van der Waals surface area contributed by atoms with Crippen molar-refractivity contribution in [1.82, 2.24) is 4.90 Å². The minimum absolute atomic E-state index is 0.0851. The molecule has 1 amide bonds. The number of hydrogen-bond donors (Lipinski definition) is 1. The van der Waals surface area contributed by atoms with Gasteiger partial charge in [0.25, 0.3) is 5.91 Å². The van der Waals surface area contributed by atoms with Crippen molar-refractivity contribution in [2.45, 2.75) is 11.9 Å². The molecule has 0 saturated heterocycles. The molecule has 0 unspecified atom stereocenters. The van der Waals surface area contributed by atoms with Crippen LogP contribution in [0.5, 0.6) is 0 Å². The predicted octanol–water partition coefficient (Wildman–Crippen LogP) is 3.90. The minimum Gasteiger partial charge on any atom is -0.322 e. The summed E-state index contributed by atoms with van der Waals surface area (Å²) in [5, 5.41) is 3.73. The van der Waals surface area contributed by atoms with E-state index in [2.05, 4.69) is 32.2 Å². The highest BCUT2D eigenvalue weighted by molar-refractivity contribution is 9.08. The molecule has 0 spiro atoms. The van der Waals surface area contributed by atoms with Crippen molar-refractivity contribution in [2.24, 2.45) is 0 Å². The summed E-state index contributed by atoms with van der Waals surface area (Å²) in [6.45, 7) is 0.851. The summed E-state index contributed by atoms with van der Waals surface area (Å²) in [7, 11) is 4.05. The van der Waals surface area contributed by atoms with Gasteiger partial charge < -0.3 is 10.2 Å². The topological polar surface area (TPSA) is 32.3 Å². The summed E-state index contributed by atoms with van der Waals surface area (Å²) in [6, 6.07) is 15.5. The fourth-order valence-corrected chi connectivity index (χ4v) is 2.43. The quantitative estimate of drug-likeness (QED) is 0.832. The molecule has 0 fully saturated rings. The number of nitrogens with one attached hydrogen (secondary N) is 1. The first-order valence-corrected chi connectivity index (χ1v) is 7.90. The van der Waals surface area contributed by atoms with Crippen molar-refractivity contribution in [2.75, 3.05) is 19.4 Å². The number of alkyl halides is 1. The van der Waals surface area contributed by atoms with Crippen LogP contribution in [0.1, 0.15) is 21.5 Å². The molecule has 21 heavy (non-hydrogen) atoms. The summed E-state index contributed by atoms with van der Waals surface area (Å²) < 4.78 is 0. The molecule has 0 aliphatic carbocycles. The monoisotopic (exact) mass is 346 g/mol. The Kier molecular flexibility index (Phi) is 5.53. The number of benzene rings is 2. The first-order valence-electron chi connectivity index (χ1n) is 6.78. The SMILES string of the molecule is CN(C)Cc1cccc(NC(=O)c2ccc(CBr)cc2)c1. The first-order chi connectivity index (χ1) is 10.1. The van der Waals surface area contributed by atoms with Gasteiger partial charge in [0.05, 0.1) is 0 Å². The van der Waals surface area contributed by atoms with Crippen LogP contribution in [0.15, 0.2) is 48.5 Å². The Morgan fingerprint density at radius 3 is 2.43 bits per heavy atom. The summed E-state index contributed by atoms with van der Waals surface area (Å²) in [5.41, 5.74) is 3.81. The molecule has 0 radical (unpaired) electrons. The highest BCUT2D eigenvalue weighted by Gasteiger charge is 2.06. The van der Waals surface area contributed by atoms with Crippen LogP contribution in [-0.2, 0) is 11.9 Å². The van der Waals surface area contributed by atoms with E-state index in [1.807, 2.05) is 56.6 Å². The maximum atomic E-state index is 12.2. The fraction of sp³-hybridized carbons (Fsp3) is 0.235. The zero-order valence-electron chi connectivity index (χ0n) is 12.3. The van der Waals surface area contributed by atoms with Gasteiger partial charge in [-0.2, -0.15) is 0 Å². The predicted molar refractivity (Wildman–Crippen MR) is 90.9 cm³/mol. The van der Waals surface area contributed by atoms with Gasteiger partial charge in [-0.25, -0.2) is 0 Å². The van der Waals surface area contributed by atoms with Gasteiger partial charge in [-0.05, 0) is 49.5 Å². The molecule has 3 nitrogen and oxygen atoms in total. The van der Waals surface area contributed by atoms with Gasteiger partial charge in [-0.3, -0.25) is 4.79 Å². The van der Waals surface area contributed by atoms with Crippen molar-refractivity contribution in [3.8, 4) is 0 Å². The normalized spacial score (nSPS) is 10.7. The largest absolute Gasteiger partial charge is 0.322 e. The highest BCUT2D eigenvalue weighted by atomic mass is 79.9. The maximum absolute atomic E-state index is 12.2. The van der Waals surface area contributed by atoms with Crippen LogP contribution in [0.3, 0.4) is 0 Å². The minimum atomic E-state index is -0.0851. The molecular formula is C17H19BrN2O. The van der Waals surface area contributed by atoms with Gasteiger partial charge in [-0.15, -0.1) is 0 Å². The number of anilines is 1. The van der Waals surface area contributed by atoms with Gasteiger partial charge in [0.15, 0.2) is 0 Å². The molecule has 0 saturated carbocycles. The third-order valence-electron chi connectivity index (χ3n) is 3.05. The molecule has 0 aliphatic heterocycles. The zero-order valence-corrected chi connectivity index (χ0v) is 13.9. The molecule has 0 aromatic heterocycles. The molecule has 4 heteroatoms. The Labute approximate surface area is 134 Å². The van der Waals surface area contributed by atoms with Crippen LogP contribution in [0.25, 0.3) is 0 Å². The standard InChI is InChI=1S/C17H19BrN2O/c1-20(2)12-14-4-3-5-16(10-14)19-17(21)15-8-6-13(11-18)7-9-15/h3-10H,11-12H2,1-2H3,(H,19,21). The van der Waals surface area contributed by atoms with Crippen molar-refractivity contribution in [3.05, 3.63) is 65.2 Å². The number of amides is 1. The van der Waals surface area contributed by atoms with Crippen LogP contribution in [0.4, 0.5) is 5.69 Å². The number of carbonyl (C=O) groups is 1. The Balaban J connectivity index is 2.07. The molecule has 2 rings (SSSR count). The lowest BCUT2D eigenvalue weighted by atomic mass is 10.1. The average molecular weight is 347 g/mol. The van der Waals surface area contributed by atoms with Gasteiger partial charge in [0, 0.05) is 23.1 Å². The van der Waals surface area contributed by atoms with Gasteiger partial charge >= 0.3 is 0 Å². The van der Waals surface area contributed by atoms with Crippen molar-refractivity contribution >= 4 is 27.5 Å². The van der Waals surface area contributed by atoms with Crippen LogP contribution >= 0.6 is 15.9 Å². The number of hydrogen-bond acceptors (Lipinski definition) is 2. The van der Waals surface area contributed by atoms with Crippen molar-refractivity contribution in [3.63, 3.8) is 0 Å². The second-order valence-corrected chi connectivity index (χ2v) is 5.78. The summed E-state index contributed by atoms with van der Waals surface area (Å²) >= 11 is 3.40. The molecule has 0 heterocycles. The van der Waals surface area contributed by atoms with E-state index in [9.17, 15) is 4.79 Å². The van der Waals surface area contributed by atoms with E-state index in [-0.39, 0.29) is 5.91 Å². The van der Waals surface area contributed by atoms with E-state index in [0.29, 0.717) is 5.56 Å². The summed E-state index contributed by atoms with van der Waals surface area (Å²) in [5.74, 6) is -0.0851. The molecule has 0 atom stereocenters. The molecular weight excluding hydrogens is 328 g/mol. The van der Waals surface area contributed by atoms with Gasteiger partial charge in [-0.1, -0.05) is 40.2 Å². The smallest absolute Gasteiger partial charge is 0.255 e. The zero-order chi connectivity index (χ0) is 15.2. The van der Waals surface area contributed by atoms with E-state index in [4.69, 9.17) is 0 Å². The number of halogens is 1. The van der Waals surface area contributed by atoms with E-state index in [0.717, 1.165) is 23.1 Å².